The van der Waals surface area contributed by atoms with E-state index in [4.69, 9.17) is 9.47 Å². The molecule has 1 aliphatic rings. The Labute approximate surface area is 125 Å². The standard InChI is InChI=1S/C18H21NO2/c1-19-12-14-5-4-7-16(11-14)21-13-18-17-8-3-2-6-15(17)9-10-20-18/h2-8,11,18-19H,9-10,12-13H2,1H3. The summed E-state index contributed by atoms with van der Waals surface area (Å²) >= 11 is 0. The molecule has 2 aromatic carbocycles. The van der Waals surface area contributed by atoms with Gasteiger partial charge in [0.2, 0.25) is 0 Å². The van der Waals surface area contributed by atoms with Crippen molar-refractivity contribution in [3.8, 4) is 5.75 Å². The lowest BCUT2D eigenvalue weighted by Crippen LogP contribution is -2.21. The summed E-state index contributed by atoms with van der Waals surface area (Å²) in [5, 5.41) is 3.15. The van der Waals surface area contributed by atoms with Gasteiger partial charge in [0.25, 0.3) is 0 Å². The van der Waals surface area contributed by atoms with Crippen molar-refractivity contribution in [2.24, 2.45) is 0 Å². The molecule has 0 radical (unpaired) electrons. The highest BCUT2D eigenvalue weighted by atomic mass is 16.5. The second kappa shape index (κ2) is 6.74. The van der Waals surface area contributed by atoms with Crippen LogP contribution in [0.5, 0.6) is 5.75 Å². The fourth-order valence-corrected chi connectivity index (χ4v) is 2.74. The predicted octanol–water partition coefficient (Wildman–Crippen LogP) is 3.10. The molecule has 21 heavy (non-hydrogen) atoms. The number of rotatable bonds is 5. The molecule has 1 aliphatic heterocycles. The molecule has 2 aromatic rings. The molecular formula is C18H21NO2. The fraction of sp³-hybridized carbons (Fsp3) is 0.333. The number of benzene rings is 2. The molecule has 0 saturated heterocycles. The number of ether oxygens (including phenoxy) is 2. The summed E-state index contributed by atoms with van der Waals surface area (Å²) in [6.45, 7) is 2.17. The van der Waals surface area contributed by atoms with Crippen molar-refractivity contribution in [1.82, 2.24) is 5.32 Å². The van der Waals surface area contributed by atoms with Crippen molar-refractivity contribution in [2.75, 3.05) is 20.3 Å². The van der Waals surface area contributed by atoms with Gasteiger partial charge in [-0.05, 0) is 42.3 Å². The molecule has 3 nitrogen and oxygen atoms in total. The summed E-state index contributed by atoms with van der Waals surface area (Å²) in [7, 11) is 1.94. The molecule has 0 bridgehead atoms. The van der Waals surface area contributed by atoms with Crippen LogP contribution in [0.1, 0.15) is 22.8 Å². The van der Waals surface area contributed by atoms with E-state index in [0.717, 1.165) is 25.3 Å². The van der Waals surface area contributed by atoms with Gasteiger partial charge in [0.05, 0.1) is 6.61 Å². The molecule has 1 N–H and O–H groups in total. The van der Waals surface area contributed by atoms with Gasteiger partial charge in [-0.25, -0.2) is 0 Å². The minimum atomic E-state index is 0.0305. The van der Waals surface area contributed by atoms with Crippen molar-refractivity contribution < 1.29 is 9.47 Å². The van der Waals surface area contributed by atoms with Crippen molar-refractivity contribution in [3.63, 3.8) is 0 Å². The zero-order valence-electron chi connectivity index (χ0n) is 12.3. The lowest BCUT2D eigenvalue weighted by molar-refractivity contribution is 0.0102. The minimum Gasteiger partial charge on any atom is -0.491 e. The highest BCUT2D eigenvalue weighted by Gasteiger charge is 2.20. The van der Waals surface area contributed by atoms with E-state index in [1.54, 1.807) is 0 Å². The molecule has 1 heterocycles. The van der Waals surface area contributed by atoms with Crippen molar-refractivity contribution in [1.29, 1.82) is 0 Å². The van der Waals surface area contributed by atoms with E-state index in [1.165, 1.54) is 16.7 Å². The van der Waals surface area contributed by atoms with Gasteiger partial charge >= 0.3 is 0 Å². The van der Waals surface area contributed by atoms with E-state index in [1.807, 2.05) is 19.2 Å². The lowest BCUT2D eigenvalue weighted by atomic mass is 9.98. The number of hydrogen-bond donors (Lipinski definition) is 1. The molecule has 0 spiro atoms. The number of hydrogen-bond acceptors (Lipinski definition) is 3. The Kier molecular flexibility index (Phi) is 4.53. The quantitative estimate of drug-likeness (QED) is 0.914. The first-order chi connectivity index (χ1) is 10.4. The molecule has 0 fully saturated rings. The van der Waals surface area contributed by atoms with Crippen LogP contribution in [0.2, 0.25) is 0 Å². The summed E-state index contributed by atoms with van der Waals surface area (Å²) < 4.78 is 11.8. The number of fused-ring (bicyclic) bond motifs is 1. The highest BCUT2D eigenvalue weighted by Crippen LogP contribution is 2.27. The Hall–Kier alpha value is -1.84. The smallest absolute Gasteiger partial charge is 0.119 e. The van der Waals surface area contributed by atoms with Gasteiger partial charge in [-0.2, -0.15) is 0 Å². The average Bonchev–Trinajstić information content (AvgIpc) is 2.53. The molecule has 110 valence electrons. The minimum absolute atomic E-state index is 0.0305. The third kappa shape index (κ3) is 3.43. The highest BCUT2D eigenvalue weighted by molar-refractivity contribution is 5.32. The molecule has 0 saturated carbocycles. The Morgan fingerprint density at radius 1 is 1.19 bits per heavy atom. The van der Waals surface area contributed by atoms with Gasteiger partial charge in [0, 0.05) is 6.54 Å². The topological polar surface area (TPSA) is 30.5 Å². The Balaban J connectivity index is 1.67. The van der Waals surface area contributed by atoms with Crippen LogP contribution >= 0.6 is 0 Å². The maximum absolute atomic E-state index is 5.94. The van der Waals surface area contributed by atoms with Crippen molar-refractivity contribution in [2.45, 2.75) is 19.1 Å². The van der Waals surface area contributed by atoms with Crippen LogP contribution in [0.15, 0.2) is 48.5 Å². The third-order valence-electron chi connectivity index (χ3n) is 3.77. The van der Waals surface area contributed by atoms with Gasteiger partial charge in [-0.1, -0.05) is 36.4 Å². The fourth-order valence-electron chi connectivity index (χ4n) is 2.74. The molecule has 3 rings (SSSR count). The zero-order valence-corrected chi connectivity index (χ0v) is 12.3. The van der Waals surface area contributed by atoms with Crippen LogP contribution in [-0.2, 0) is 17.7 Å². The van der Waals surface area contributed by atoms with E-state index < -0.39 is 0 Å². The summed E-state index contributed by atoms with van der Waals surface area (Å²) in [5.41, 5.74) is 3.86. The molecule has 1 unspecified atom stereocenters. The second-order valence-corrected chi connectivity index (χ2v) is 5.30. The average molecular weight is 283 g/mol. The first-order valence-electron chi connectivity index (χ1n) is 7.42. The van der Waals surface area contributed by atoms with E-state index in [-0.39, 0.29) is 6.10 Å². The molecule has 0 amide bonds. The molecule has 3 heteroatoms. The van der Waals surface area contributed by atoms with E-state index in [0.29, 0.717) is 6.61 Å². The first-order valence-corrected chi connectivity index (χ1v) is 7.42. The van der Waals surface area contributed by atoms with E-state index in [2.05, 4.69) is 41.7 Å². The first kappa shape index (κ1) is 14.1. The van der Waals surface area contributed by atoms with Crippen LogP contribution in [0.25, 0.3) is 0 Å². The monoisotopic (exact) mass is 283 g/mol. The summed E-state index contributed by atoms with van der Waals surface area (Å²) in [5.74, 6) is 0.898. The second-order valence-electron chi connectivity index (χ2n) is 5.30. The van der Waals surface area contributed by atoms with Gasteiger partial charge in [-0.3, -0.25) is 0 Å². The summed E-state index contributed by atoms with van der Waals surface area (Å²) in [4.78, 5) is 0. The normalized spacial score (nSPS) is 17.3. The van der Waals surface area contributed by atoms with Crippen molar-refractivity contribution >= 4 is 0 Å². The molecular weight excluding hydrogens is 262 g/mol. The Bertz CT molecular complexity index is 597. The van der Waals surface area contributed by atoms with Crippen LogP contribution in [0.4, 0.5) is 0 Å². The van der Waals surface area contributed by atoms with E-state index in [9.17, 15) is 0 Å². The van der Waals surface area contributed by atoms with Crippen molar-refractivity contribution in [3.05, 3.63) is 65.2 Å². The largest absolute Gasteiger partial charge is 0.491 e. The number of nitrogens with one attached hydrogen (secondary N) is 1. The van der Waals surface area contributed by atoms with Crippen LogP contribution < -0.4 is 10.1 Å². The van der Waals surface area contributed by atoms with Gasteiger partial charge in [0.1, 0.15) is 18.5 Å². The van der Waals surface area contributed by atoms with Crippen LogP contribution in [0, 0.1) is 0 Å². The van der Waals surface area contributed by atoms with Gasteiger partial charge in [-0.15, -0.1) is 0 Å². The SMILES string of the molecule is CNCc1cccc(OCC2OCCc3ccccc32)c1. The maximum Gasteiger partial charge on any atom is 0.119 e. The Morgan fingerprint density at radius 2 is 2.10 bits per heavy atom. The predicted molar refractivity (Wildman–Crippen MR) is 83.5 cm³/mol. The van der Waals surface area contributed by atoms with E-state index >= 15 is 0 Å². The van der Waals surface area contributed by atoms with Gasteiger partial charge < -0.3 is 14.8 Å². The molecule has 0 aromatic heterocycles. The lowest BCUT2D eigenvalue weighted by Gasteiger charge is -2.26. The van der Waals surface area contributed by atoms with Crippen LogP contribution in [0.3, 0.4) is 0 Å². The summed E-state index contributed by atoms with van der Waals surface area (Å²) in [6.07, 6.45) is 1.02. The Morgan fingerprint density at radius 3 is 3.00 bits per heavy atom. The van der Waals surface area contributed by atoms with Gasteiger partial charge in [0.15, 0.2) is 0 Å². The zero-order chi connectivity index (χ0) is 14.5. The third-order valence-corrected chi connectivity index (χ3v) is 3.77. The molecule has 1 atom stereocenters. The molecule has 0 aliphatic carbocycles. The van der Waals surface area contributed by atoms with Crippen LogP contribution in [-0.4, -0.2) is 20.3 Å². The summed E-state index contributed by atoms with van der Waals surface area (Å²) in [6, 6.07) is 16.7. The maximum atomic E-state index is 5.94.